The van der Waals surface area contributed by atoms with E-state index in [4.69, 9.17) is 4.52 Å². The number of aromatic nitrogens is 7. The number of pyridine rings is 1. The second kappa shape index (κ2) is 6.45. The van der Waals surface area contributed by atoms with Crippen molar-refractivity contribution in [3.8, 4) is 11.4 Å². The van der Waals surface area contributed by atoms with Gasteiger partial charge in [0, 0.05) is 30.1 Å². The summed E-state index contributed by atoms with van der Waals surface area (Å²) in [5.74, 6) is 2.17. The molecule has 0 amide bonds. The van der Waals surface area contributed by atoms with Gasteiger partial charge in [0.1, 0.15) is 0 Å². The van der Waals surface area contributed by atoms with Crippen LogP contribution in [0.4, 0.5) is 0 Å². The Morgan fingerprint density at radius 2 is 2.13 bits per heavy atom. The SMILES string of the molecule is c1cc(-c2noc(CCCSc3nnnn3C3CC3)n2)ccn1. The van der Waals surface area contributed by atoms with E-state index in [1.54, 1.807) is 24.2 Å². The van der Waals surface area contributed by atoms with E-state index in [0.717, 1.165) is 29.3 Å². The standard InChI is InChI=1S/C14H15N7OS/c1(9-23-14-17-19-20-21(14)11-3-4-11)2-12-16-13(18-22-12)10-5-7-15-8-6-10/h5-8,11H,1-4,9H2. The zero-order valence-corrected chi connectivity index (χ0v) is 13.2. The molecule has 1 aliphatic carbocycles. The fourth-order valence-electron chi connectivity index (χ4n) is 2.19. The molecule has 8 nitrogen and oxygen atoms in total. The van der Waals surface area contributed by atoms with Crippen molar-refractivity contribution in [3.05, 3.63) is 30.4 Å². The molecule has 0 saturated heterocycles. The lowest BCUT2D eigenvalue weighted by Crippen LogP contribution is -1.99. The summed E-state index contributed by atoms with van der Waals surface area (Å²) in [6.07, 6.45) is 7.46. The molecule has 9 heteroatoms. The van der Waals surface area contributed by atoms with Crippen molar-refractivity contribution in [3.63, 3.8) is 0 Å². The van der Waals surface area contributed by atoms with Gasteiger partial charge in [-0.2, -0.15) is 4.98 Å². The lowest BCUT2D eigenvalue weighted by Gasteiger charge is -2.00. The Morgan fingerprint density at radius 1 is 1.26 bits per heavy atom. The molecule has 1 saturated carbocycles. The highest BCUT2D eigenvalue weighted by atomic mass is 32.2. The van der Waals surface area contributed by atoms with Gasteiger partial charge in [-0.25, -0.2) is 4.68 Å². The van der Waals surface area contributed by atoms with Crippen LogP contribution in [-0.2, 0) is 6.42 Å². The molecule has 23 heavy (non-hydrogen) atoms. The molecule has 0 aromatic carbocycles. The minimum atomic E-state index is 0.506. The largest absolute Gasteiger partial charge is 0.339 e. The third-order valence-corrected chi connectivity index (χ3v) is 4.55. The lowest BCUT2D eigenvalue weighted by atomic mass is 10.2. The molecule has 1 aliphatic rings. The molecule has 3 heterocycles. The van der Waals surface area contributed by atoms with Crippen molar-refractivity contribution < 1.29 is 4.52 Å². The number of tetrazole rings is 1. The van der Waals surface area contributed by atoms with Crippen LogP contribution in [-0.4, -0.2) is 41.1 Å². The lowest BCUT2D eigenvalue weighted by molar-refractivity contribution is 0.378. The van der Waals surface area contributed by atoms with Crippen LogP contribution in [0.3, 0.4) is 0 Å². The first-order valence-electron chi connectivity index (χ1n) is 7.54. The molecule has 0 N–H and O–H groups in total. The fraction of sp³-hybridized carbons (Fsp3) is 0.429. The summed E-state index contributed by atoms with van der Waals surface area (Å²) in [6.45, 7) is 0. The van der Waals surface area contributed by atoms with Crippen molar-refractivity contribution in [1.29, 1.82) is 0 Å². The fourth-order valence-corrected chi connectivity index (χ4v) is 3.07. The molecule has 4 rings (SSSR count). The highest BCUT2D eigenvalue weighted by Crippen LogP contribution is 2.36. The maximum absolute atomic E-state index is 5.29. The van der Waals surface area contributed by atoms with Crippen LogP contribution < -0.4 is 0 Å². The first kappa shape index (κ1) is 14.3. The second-order valence-corrected chi connectivity index (χ2v) is 6.40. The Kier molecular flexibility index (Phi) is 4.01. The molecule has 3 aromatic rings. The van der Waals surface area contributed by atoms with E-state index in [2.05, 4.69) is 30.7 Å². The summed E-state index contributed by atoms with van der Waals surface area (Å²) in [5.41, 5.74) is 0.910. The van der Waals surface area contributed by atoms with Crippen LogP contribution in [0.1, 0.15) is 31.2 Å². The molecule has 0 radical (unpaired) electrons. The van der Waals surface area contributed by atoms with Crippen LogP contribution in [0, 0.1) is 0 Å². The van der Waals surface area contributed by atoms with E-state index in [0.29, 0.717) is 17.8 Å². The monoisotopic (exact) mass is 329 g/mol. The van der Waals surface area contributed by atoms with Crippen LogP contribution in [0.5, 0.6) is 0 Å². The van der Waals surface area contributed by atoms with E-state index in [9.17, 15) is 0 Å². The maximum atomic E-state index is 5.29. The Morgan fingerprint density at radius 3 is 2.96 bits per heavy atom. The third kappa shape index (κ3) is 3.39. The Hall–Kier alpha value is -2.29. The number of rotatable bonds is 7. The highest BCUT2D eigenvalue weighted by Gasteiger charge is 2.27. The normalized spacial score (nSPS) is 14.3. The molecule has 0 spiro atoms. The van der Waals surface area contributed by atoms with Crippen molar-refractivity contribution in [2.45, 2.75) is 36.9 Å². The average Bonchev–Trinajstić information content (AvgIpc) is 3.14. The summed E-state index contributed by atoms with van der Waals surface area (Å²) in [4.78, 5) is 8.39. The third-order valence-electron chi connectivity index (χ3n) is 3.53. The van der Waals surface area contributed by atoms with E-state index in [1.165, 1.54) is 12.8 Å². The van der Waals surface area contributed by atoms with Crippen LogP contribution in [0.25, 0.3) is 11.4 Å². The average molecular weight is 329 g/mol. The van der Waals surface area contributed by atoms with Gasteiger partial charge in [0.15, 0.2) is 0 Å². The molecule has 0 aliphatic heterocycles. The van der Waals surface area contributed by atoms with Gasteiger partial charge in [-0.1, -0.05) is 16.9 Å². The molecular formula is C14H15N7OS. The molecule has 3 aromatic heterocycles. The number of nitrogens with zero attached hydrogens (tertiary/aromatic N) is 7. The van der Waals surface area contributed by atoms with Crippen molar-refractivity contribution in [1.82, 2.24) is 35.3 Å². The van der Waals surface area contributed by atoms with Gasteiger partial charge in [0.05, 0.1) is 6.04 Å². The van der Waals surface area contributed by atoms with Gasteiger partial charge in [-0.05, 0) is 41.8 Å². The smallest absolute Gasteiger partial charge is 0.226 e. The Bertz CT molecular complexity index is 768. The van der Waals surface area contributed by atoms with Crippen LogP contribution in [0.2, 0.25) is 0 Å². The van der Waals surface area contributed by atoms with Gasteiger partial charge < -0.3 is 4.52 Å². The molecular weight excluding hydrogens is 314 g/mol. The molecule has 0 unspecified atom stereocenters. The van der Waals surface area contributed by atoms with E-state index in [-0.39, 0.29) is 0 Å². The topological polar surface area (TPSA) is 95.4 Å². The number of hydrogen-bond donors (Lipinski definition) is 0. The van der Waals surface area contributed by atoms with Gasteiger partial charge >= 0.3 is 0 Å². The quantitative estimate of drug-likeness (QED) is 0.481. The van der Waals surface area contributed by atoms with Crippen molar-refractivity contribution in [2.75, 3.05) is 5.75 Å². The van der Waals surface area contributed by atoms with Crippen molar-refractivity contribution >= 4 is 11.8 Å². The zero-order chi connectivity index (χ0) is 15.5. The Labute approximate surface area is 136 Å². The predicted octanol–water partition coefficient (Wildman–Crippen LogP) is 2.18. The second-order valence-electron chi connectivity index (χ2n) is 5.34. The van der Waals surface area contributed by atoms with Gasteiger partial charge in [0.2, 0.25) is 16.9 Å². The minimum Gasteiger partial charge on any atom is -0.339 e. The number of thioether (sulfide) groups is 1. The molecule has 0 bridgehead atoms. The Balaban J connectivity index is 1.28. The number of aryl methyl sites for hydroxylation is 1. The number of hydrogen-bond acceptors (Lipinski definition) is 8. The van der Waals surface area contributed by atoms with Crippen molar-refractivity contribution in [2.24, 2.45) is 0 Å². The van der Waals surface area contributed by atoms with Crippen LogP contribution in [0.15, 0.2) is 34.2 Å². The first-order valence-corrected chi connectivity index (χ1v) is 8.52. The van der Waals surface area contributed by atoms with Gasteiger partial charge in [-0.3, -0.25) is 4.98 Å². The summed E-state index contributed by atoms with van der Waals surface area (Å²) in [6, 6.07) is 4.23. The zero-order valence-electron chi connectivity index (χ0n) is 12.4. The molecule has 1 fully saturated rings. The maximum Gasteiger partial charge on any atom is 0.226 e. The predicted molar refractivity (Wildman–Crippen MR) is 82.7 cm³/mol. The summed E-state index contributed by atoms with van der Waals surface area (Å²) in [5, 5.41) is 16.8. The molecule has 0 atom stereocenters. The summed E-state index contributed by atoms with van der Waals surface area (Å²) >= 11 is 1.67. The van der Waals surface area contributed by atoms with Gasteiger partial charge in [0.25, 0.3) is 0 Å². The first-order chi connectivity index (χ1) is 11.4. The van der Waals surface area contributed by atoms with E-state index >= 15 is 0 Å². The minimum absolute atomic E-state index is 0.506. The van der Waals surface area contributed by atoms with Crippen LogP contribution >= 0.6 is 11.8 Å². The van der Waals surface area contributed by atoms with E-state index in [1.807, 2.05) is 16.8 Å². The summed E-state index contributed by atoms with van der Waals surface area (Å²) < 4.78 is 7.22. The molecule has 118 valence electrons. The highest BCUT2D eigenvalue weighted by molar-refractivity contribution is 7.99. The van der Waals surface area contributed by atoms with E-state index < -0.39 is 0 Å². The van der Waals surface area contributed by atoms with Gasteiger partial charge in [-0.15, -0.1) is 5.10 Å². The summed E-state index contributed by atoms with van der Waals surface area (Å²) in [7, 11) is 0.